The average Bonchev–Trinajstić information content (AvgIpc) is 3.31. The van der Waals surface area contributed by atoms with Gasteiger partial charge in [0.05, 0.1) is 0 Å². The van der Waals surface area contributed by atoms with E-state index in [1.54, 1.807) is 65.8 Å². The van der Waals surface area contributed by atoms with E-state index in [-0.39, 0.29) is 69.6 Å². The SMILES string of the molecule is CC(C)(C)OC(=O)CCCCCCCCCCCCCCCCCCC(=O)N[C@@H](CCC(=O)NCCCC[C@H](NC(=O)OC(C)(C)C)C(=O)NCCCC[C@H](NC(=O)OCc1ccccc1)C(=O)O)C(=O)OC(C)(C)C. The van der Waals surface area contributed by atoms with Crippen LogP contribution in [0.4, 0.5) is 9.59 Å². The fraction of sp³-hybridized carbons (Fsp3) is 0.759. The van der Waals surface area contributed by atoms with Crippen LogP contribution < -0.4 is 26.6 Å². The standard InChI is InChI=1S/C58H99N5O13/c1-56(2,3)74-50(66)38-28-23-21-19-17-15-13-11-10-12-14-16-18-20-22-27-37-49(65)61-47(53(70)75-57(4,5)6)39-40-48(64)59-41-31-29-35-45(62-55(72)76-58(7,8)9)51(67)60-42-32-30-36-46(52(68)69)63-54(71)73-43-44-33-25-24-26-34-44/h24-26,33-34,45-47H,10-23,27-32,35-43H2,1-9H3,(H,59,64)(H,60,67)(H,61,65)(H,62,72)(H,63,71)(H,68,69)/t45-,46-,47-/m0/s1. The van der Waals surface area contributed by atoms with Crippen LogP contribution in [0.3, 0.4) is 0 Å². The van der Waals surface area contributed by atoms with E-state index in [0.29, 0.717) is 38.5 Å². The van der Waals surface area contributed by atoms with Gasteiger partial charge in [-0.2, -0.15) is 0 Å². The lowest BCUT2D eigenvalue weighted by molar-refractivity contribution is -0.159. The van der Waals surface area contributed by atoms with Gasteiger partial charge in [-0.05, 0) is 126 Å². The molecule has 18 heteroatoms. The van der Waals surface area contributed by atoms with Crippen molar-refractivity contribution in [3.05, 3.63) is 35.9 Å². The predicted octanol–water partition coefficient (Wildman–Crippen LogP) is 10.8. The Morgan fingerprint density at radius 1 is 0.447 bits per heavy atom. The Bertz CT molecular complexity index is 1840. The molecular formula is C58H99N5O13. The number of nitrogens with one attached hydrogen (secondary N) is 5. The lowest BCUT2D eigenvalue weighted by Gasteiger charge is -2.24. The summed E-state index contributed by atoms with van der Waals surface area (Å²) in [6.07, 6.45) is 19.4. The van der Waals surface area contributed by atoms with E-state index in [1.165, 1.54) is 64.2 Å². The molecule has 1 rings (SSSR count). The fourth-order valence-electron chi connectivity index (χ4n) is 8.07. The quantitative estimate of drug-likeness (QED) is 0.0203. The second-order valence-electron chi connectivity index (χ2n) is 22.9. The van der Waals surface area contributed by atoms with Crippen LogP contribution in [0.15, 0.2) is 30.3 Å². The number of unbranched alkanes of at least 4 members (excludes halogenated alkanes) is 17. The van der Waals surface area contributed by atoms with Crippen molar-refractivity contribution >= 4 is 47.8 Å². The van der Waals surface area contributed by atoms with Crippen molar-refractivity contribution in [2.75, 3.05) is 13.1 Å². The van der Waals surface area contributed by atoms with Gasteiger partial charge in [0.25, 0.3) is 0 Å². The van der Waals surface area contributed by atoms with Crippen molar-refractivity contribution < 1.29 is 62.4 Å². The number of carboxylic acids is 1. The molecule has 0 spiro atoms. The van der Waals surface area contributed by atoms with Crippen LogP contribution in [0.5, 0.6) is 0 Å². The predicted molar refractivity (Wildman–Crippen MR) is 294 cm³/mol. The van der Waals surface area contributed by atoms with Gasteiger partial charge in [0.2, 0.25) is 17.7 Å². The Morgan fingerprint density at radius 3 is 1.41 bits per heavy atom. The molecule has 0 fully saturated rings. The van der Waals surface area contributed by atoms with Gasteiger partial charge >= 0.3 is 30.1 Å². The third-order valence-corrected chi connectivity index (χ3v) is 11.9. The first kappa shape index (κ1) is 68.6. The molecule has 0 aliphatic rings. The maximum atomic E-state index is 13.2. The molecule has 434 valence electrons. The second-order valence-corrected chi connectivity index (χ2v) is 22.9. The van der Waals surface area contributed by atoms with Gasteiger partial charge in [-0.3, -0.25) is 19.2 Å². The number of alkyl carbamates (subject to hydrolysis) is 2. The minimum absolute atomic E-state index is 0.00683. The van der Waals surface area contributed by atoms with Crippen LogP contribution in [0.1, 0.15) is 235 Å². The summed E-state index contributed by atoms with van der Waals surface area (Å²) < 4.78 is 21.5. The monoisotopic (exact) mass is 1070 g/mol. The molecule has 0 saturated heterocycles. The Labute approximate surface area is 455 Å². The number of aliphatic carboxylic acids is 1. The van der Waals surface area contributed by atoms with E-state index >= 15 is 0 Å². The molecule has 6 N–H and O–H groups in total. The zero-order chi connectivity index (χ0) is 56.8. The highest BCUT2D eigenvalue weighted by Crippen LogP contribution is 2.17. The van der Waals surface area contributed by atoms with Crippen LogP contribution in [0.2, 0.25) is 0 Å². The first-order valence-corrected chi connectivity index (χ1v) is 28.3. The number of amides is 5. The number of carbonyl (C=O) groups excluding carboxylic acids is 7. The number of carboxylic acid groups (broad SMARTS) is 1. The fourth-order valence-corrected chi connectivity index (χ4v) is 8.07. The lowest BCUT2D eigenvalue weighted by Crippen LogP contribution is -2.48. The average molecular weight is 1070 g/mol. The minimum Gasteiger partial charge on any atom is -0.480 e. The minimum atomic E-state index is -1.21. The van der Waals surface area contributed by atoms with Gasteiger partial charge in [0.1, 0.15) is 41.5 Å². The maximum absolute atomic E-state index is 13.2. The molecule has 0 unspecified atom stereocenters. The Kier molecular flexibility index (Phi) is 35.2. The second kappa shape index (κ2) is 39.0. The van der Waals surface area contributed by atoms with E-state index in [2.05, 4.69) is 26.6 Å². The van der Waals surface area contributed by atoms with Crippen LogP contribution in [-0.2, 0) is 54.3 Å². The van der Waals surface area contributed by atoms with Crippen molar-refractivity contribution in [1.82, 2.24) is 26.6 Å². The number of hydrogen-bond donors (Lipinski definition) is 6. The molecule has 3 atom stereocenters. The van der Waals surface area contributed by atoms with Crippen LogP contribution >= 0.6 is 0 Å². The zero-order valence-corrected chi connectivity index (χ0v) is 48.0. The van der Waals surface area contributed by atoms with Crippen LogP contribution in [0.25, 0.3) is 0 Å². The molecule has 1 aromatic rings. The van der Waals surface area contributed by atoms with E-state index in [0.717, 1.165) is 37.7 Å². The summed E-state index contributed by atoms with van der Waals surface area (Å²) in [5.74, 6) is -2.95. The summed E-state index contributed by atoms with van der Waals surface area (Å²) in [5.41, 5.74) is -1.24. The normalized spacial score (nSPS) is 12.8. The maximum Gasteiger partial charge on any atom is 0.408 e. The molecule has 0 saturated carbocycles. The molecule has 1 aromatic carbocycles. The summed E-state index contributed by atoms with van der Waals surface area (Å²) in [4.78, 5) is 101. The number of benzene rings is 1. The van der Waals surface area contributed by atoms with E-state index in [1.807, 2.05) is 26.8 Å². The molecule has 0 bridgehead atoms. The van der Waals surface area contributed by atoms with E-state index < -0.39 is 65.0 Å². The number of carbonyl (C=O) groups is 8. The van der Waals surface area contributed by atoms with E-state index in [4.69, 9.17) is 18.9 Å². The van der Waals surface area contributed by atoms with Crippen molar-refractivity contribution in [3.63, 3.8) is 0 Å². The van der Waals surface area contributed by atoms with Gasteiger partial charge in [-0.1, -0.05) is 120 Å². The third kappa shape index (κ3) is 39.9. The van der Waals surface area contributed by atoms with Crippen LogP contribution in [0, 0.1) is 0 Å². The highest BCUT2D eigenvalue weighted by molar-refractivity contribution is 5.86. The van der Waals surface area contributed by atoms with Crippen molar-refractivity contribution in [3.8, 4) is 0 Å². The Balaban J connectivity index is 2.41. The number of esters is 2. The van der Waals surface area contributed by atoms with Gasteiger partial charge in [-0.25, -0.2) is 19.2 Å². The van der Waals surface area contributed by atoms with Gasteiger partial charge in [0, 0.05) is 32.4 Å². The molecule has 0 aromatic heterocycles. The molecular weight excluding hydrogens is 975 g/mol. The molecule has 76 heavy (non-hydrogen) atoms. The zero-order valence-electron chi connectivity index (χ0n) is 48.0. The Hall–Kier alpha value is -5.42. The van der Waals surface area contributed by atoms with Crippen molar-refractivity contribution in [1.29, 1.82) is 0 Å². The number of hydrogen-bond acceptors (Lipinski definition) is 12. The Morgan fingerprint density at radius 2 is 0.908 bits per heavy atom. The number of ether oxygens (including phenoxy) is 4. The first-order chi connectivity index (χ1) is 35.8. The number of rotatable bonds is 40. The third-order valence-electron chi connectivity index (χ3n) is 11.9. The highest BCUT2D eigenvalue weighted by atomic mass is 16.6. The van der Waals surface area contributed by atoms with Gasteiger partial charge in [0.15, 0.2) is 0 Å². The summed E-state index contributed by atoms with van der Waals surface area (Å²) in [6, 6.07) is 5.86. The molecule has 18 nitrogen and oxygen atoms in total. The lowest BCUT2D eigenvalue weighted by atomic mass is 10.0. The highest BCUT2D eigenvalue weighted by Gasteiger charge is 2.28. The molecule has 0 aliphatic carbocycles. The summed E-state index contributed by atoms with van der Waals surface area (Å²) in [7, 11) is 0. The molecule has 0 heterocycles. The summed E-state index contributed by atoms with van der Waals surface area (Å²) >= 11 is 0. The molecule has 0 radical (unpaired) electrons. The molecule has 0 aliphatic heterocycles. The van der Waals surface area contributed by atoms with Crippen LogP contribution in [-0.4, -0.2) is 101 Å². The first-order valence-electron chi connectivity index (χ1n) is 28.3. The van der Waals surface area contributed by atoms with Crippen molar-refractivity contribution in [2.24, 2.45) is 0 Å². The molecule has 5 amide bonds. The van der Waals surface area contributed by atoms with Gasteiger partial charge in [-0.15, -0.1) is 0 Å². The topological polar surface area (TPSA) is 254 Å². The largest absolute Gasteiger partial charge is 0.480 e. The summed E-state index contributed by atoms with van der Waals surface area (Å²) in [6.45, 7) is 16.5. The van der Waals surface area contributed by atoms with Crippen molar-refractivity contribution in [2.45, 2.75) is 271 Å². The summed E-state index contributed by atoms with van der Waals surface area (Å²) in [5, 5.41) is 23.0. The van der Waals surface area contributed by atoms with Gasteiger partial charge < -0.3 is 50.6 Å². The van der Waals surface area contributed by atoms with E-state index in [9.17, 15) is 43.5 Å². The smallest absolute Gasteiger partial charge is 0.408 e.